The molecule has 0 heterocycles. The highest BCUT2D eigenvalue weighted by atomic mass is 127. The van der Waals surface area contributed by atoms with Crippen LogP contribution >= 0.6 is 0 Å². The van der Waals surface area contributed by atoms with Crippen LogP contribution in [0.25, 0.3) is 11.1 Å². The largest absolute Gasteiger partial charge is 0.493 e. The summed E-state index contributed by atoms with van der Waals surface area (Å²) in [5, 5.41) is 0. The third kappa shape index (κ3) is 5.31. The van der Waals surface area contributed by atoms with E-state index in [1.54, 1.807) is 0 Å². The van der Waals surface area contributed by atoms with Crippen molar-refractivity contribution in [3.8, 4) is 16.9 Å². The lowest BCUT2D eigenvalue weighted by Crippen LogP contribution is -3.34. The molecule has 0 aromatic heterocycles. The summed E-state index contributed by atoms with van der Waals surface area (Å²) in [6, 6.07) is 16.9. The van der Waals surface area contributed by atoms with Crippen LogP contribution in [-0.2, 0) is 0 Å². The maximum absolute atomic E-state index is 6.05. The van der Waals surface area contributed by atoms with Crippen LogP contribution < -0.4 is 27.3 Å². The predicted octanol–water partition coefficient (Wildman–Crippen LogP) is 2.55. The van der Waals surface area contributed by atoms with E-state index >= 15 is 0 Å². The standard InChI is InChI=1S/C20H26IO/c1-2-3-4-5-6-11-16-22-20-15-10-8-13-18(20)17-12-7-9-14-19(17)21/h7-10,12-15,21H,2-6,11,16H2,1H3/q+1. The summed E-state index contributed by atoms with van der Waals surface area (Å²) < 4.78 is 7.35. The Bertz CT molecular complexity index is 565. The fraction of sp³-hybridized carbons (Fsp3) is 0.400. The monoisotopic (exact) mass is 409 g/mol. The van der Waals surface area contributed by atoms with E-state index in [1.165, 1.54) is 46.8 Å². The van der Waals surface area contributed by atoms with Crippen LogP contribution in [0.1, 0.15) is 45.4 Å². The third-order valence-electron chi connectivity index (χ3n) is 3.82. The van der Waals surface area contributed by atoms with Crippen LogP contribution in [0.15, 0.2) is 48.5 Å². The number of benzene rings is 2. The average molecular weight is 409 g/mol. The van der Waals surface area contributed by atoms with Crippen molar-refractivity contribution in [1.82, 2.24) is 0 Å². The summed E-state index contributed by atoms with van der Waals surface area (Å²) in [6.45, 7) is 3.07. The van der Waals surface area contributed by atoms with Crippen LogP contribution in [0.2, 0.25) is 0 Å². The summed E-state index contributed by atoms with van der Waals surface area (Å²) in [5.74, 6) is 1.01. The molecule has 0 aliphatic rings. The Morgan fingerprint density at radius 1 is 0.773 bits per heavy atom. The van der Waals surface area contributed by atoms with Crippen molar-refractivity contribution in [2.45, 2.75) is 45.4 Å². The number of ether oxygens (including phenoxy) is 1. The molecular formula is C20H26IO+. The summed E-state index contributed by atoms with van der Waals surface area (Å²) in [7, 11) is 0. The van der Waals surface area contributed by atoms with Gasteiger partial charge in [-0.15, -0.1) is 0 Å². The van der Waals surface area contributed by atoms with E-state index in [2.05, 4.69) is 78.0 Å². The van der Waals surface area contributed by atoms with Crippen LogP contribution in [0.5, 0.6) is 5.75 Å². The molecule has 2 heteroatoms. The Balaban J connectivity index is 1.91. The minimum atomic E-state index is 0.815. The fourth-order valence-electron chi connectivity index (χ4n) is 2.57. The molecule has 0 aliphatic carbocycles. The van der Waals surface area contributed by atoms with E-state index < -0.39 is 0 Å². The highest BCUT2D eigenvalue weighted by molar-refractivity contribution is 5.69. The molecule has 1 nitrogen and oxygen atoms in total. The van der Waals surface area contributed by atoms with Gasteiger partial charge in [0, 0.05) is 11.1 Å². The van der Waals surface area contributed by atoms with Crippen molar-refractivity contribution >= 4 is 0 Å². The first-order chi connectivity index (χ1) is 10.8. The molecule has 2 aromatic rings. The smallest absolute Gasteiger partial charge is 0.297 e. The van der Waals surface area contributed by atoms with Crippen LogP contribution in [0.3, 0.4) is 0 Å². The fourth-order valence-corrected chi connectivity index (χ4v) is 3.30. The van der Waals surface area contributed by atoms with E-state index in [0.29, 0.717) is 0 Å². The molecule has 0 fully saturated rings. The average Bonchev–Trinajstić information content (AvgIpc) is 2.55. The number of hydrogen-bond donors (Lipinski definition) is 0. The summed E-state index contributed by atoms with van der Waals surface area (Å²) in [5.41, 5.74) is 2.47. The quantitative estimate of drug-likeness (QED) is 0.457. The Hall–Kier alpha value is -1.03. The first-order valence-electron chi connectivity index (χ1n) is 8.31. The normalized spacial score (nSPS) is 10.6. The number of unbranched alkanes of at least 4 members (excludes halogenated alkanes) is 5. The zero-order valence-corrected chi connectivity index (χ0v) is 15.7. The second kappa shape index (κ2) is 9.88. The van der Waals surface area contributed by atoms with E-state index in [9.17, 15) is 0 Å². The molecule has 0 saturated heterocycles. The highest BCUT2D eigenvalue weighted by Gasteiger charge is 2.12. The van der Waals surface area contributed by atoms with Gasteiger partial charge in [0.1, 0.15) is 5.75 Å². The van der Waals surface area contributed by atoms with Crippen molar-refractivity contribution in [2.24, 2.45) is 0 Å². The molecular weight excluding hydrogens is 383 g/mol. The molecule has 2 rings (SSSR count). The highest BCUT2D eigenvalue weighted by Crippen LogP contribution is 2.29. The van der Waals surface area contributed by atoms with Gasteiger partial charge in [0.05, 0.1) is 6.61 Å². The molecule has 0 radical (unpaired) electrons. The van der Waals surface area contributed by atoms with Crippen LogP contribution in [0.4, 0.5) is 0 Å². The van der Waals surface area contributed by atoms with Gasteiger partial charge >= 0.3 is 0 Å². The maximum atomic E-state index is 6.05. The van der Waals surface area contributed by atoms with Crippen molar-refractivity contribution in [1.29, 1.82) is 0 Å². The van der Waals surface area contributed by atoms with Gasteiger partial charge in [-0.3, -0.25) is 0 Å². The molecule has 0 N–H and O–H groups in total. The Labute approximate surface area is 148 Å². The lowest BCUT2D eigenvalue weighted by atomic mass is 10.0. The van der Waals surface area contributed by atoms with Crippen molar-refractivity contribution < 1.29 is 27.3 Å². The minimum Gasteiger partial charge on any atom is -0.493 e. The first-order valence-corrected chi connectivity index (χ1v) is 9.47. The molecule has 0 amide bonds. The zero-order chi connectivity index (χ0) is 15.6. The molecule has 0 aliphatic heterocycles. The molecule has 0 atom stereocenters. The lowest BCUT2D eigenvalue weighted by molar-refractivity contribution is -0.326. The van der Waals surface area contributed by atoms with Gasteiger partial charge < -0.3 is 4.74 Å². The van der Waals surface area contributed by atoms with Gasteiger partial charge in [-0.2, -0.15) is 0 Å². The SMILES string of the molecule is CCCCCCCCOc1ccccc1-c1ccccc1[IH+]. The number of halogens is 1. The van der Waals surface area contributed by atoms with Gasteiger partial charge in [-0.25, -0.2) is 0 Å². The number of para-hydroxylation sites is 1. The van der Waals surface area contributed by atoms with Gasteiger partial charge in [0.25, 0.3) is 22.6 Å². The Morgan fingerprint density at radius 2 is 1.41 bits per heavy atom. The van der Waals surface area contributed by atoms with Gasteiger partial charge in [-0.05, 0) is 24.6 Å². The van der Waals surface area contributed by atoms with Gasteiger partial charge in [0.2, 0.25) is 0 Å². The zero-order valence-electron chi connectivity index (χ0n) is 13.4. The molecule has 2 aromatic carbocycles. The maximum Gasteiger partial charge on any atom is 0.297 e. The second-order valence-electron chi connectivity index (χ2n) is 5.61. The predicted molar refractivity (Wildman–Crippen MR) is 90.8 cm³/mol. The van der Waals surface area contributed by atoms with Gasteiger partial charge in [-0.1, -0.05) is 69.4 Å². The van der Waals surface area contributed by atoms with Crippen molar-refractivity contribution in [3.05, 3.63) is 52.1 Å². The van der Waals surface area contributed by atoms with E-state index in [-0.39, 0.29) is 0 Å². The summed E-state index contributed by atoms with van der Waals surface area (Å²) in [6.07, 6.45) is 7.77. The Morgan fingerprint density at radius 3 is 2.18 bits per heavy atom. The number of hydrogen-bond acceptors (Lipinski definition) is 1. The molecule has 0 unspecified atom stereocenters. The van der Waals surface area contributed by atoms with Crippen molar-refractivity contribution in [3.63, 3.8) is 0 Å². The van der Waals surface area contributed by atoms with E-state index in [0.717, 1.165) is 18.8 Å². The molecule has 0 bridgehead atoms. The molecule has 0 spiro atoms. The lowest BCUT2D eigenvalue weighted by Gasteiger charge is -2.11. The topological polar surface area (TPSA) is 9.23 Å². The summed E-state index contributed by atoms with van der Waals surface area (Å²) >= 11 is 2.07. The van der Waals surface area contributed by atoms with Crippen LogP contribution in [0, 0.1) is 3.57 Å². The third-order valence-corrected chi connectivity index (χ3v) is 4.84. The molecule has 118 valence electrons. The minimum absolute atomic E-state index is 0.815. The number of rotatable bonds is 9. The first kappa shape index (κ1) is 17.3. The van der Waals surface area contributed by atoms with E-state index in [4.69, 9.17) is 4.74 Å². The molecule has 0 saturated carbocycles. The van der Waals surface area contributed by atoms with Crippen LogP contribution in [-0.4, -0.2) is 6.61 Å². The second-order valence-corrected chi connectivity index (χ2v) is 6.86. The van der Waals surface area contributed by atoms with Crippen molar-refractivity contribution in [2.75, 3.05) is 6.61 Å². The van der Waals surface area contributed by atoms with E-state index in [1.807, 2.05) is 0 Å². The Kier molecular flexibility index (Phi) is 7.78. The van der Waals surface area contributed by atoms with Gasteiger partial charge in [0.15, 0.2) is 3.57 Å². The molecule has 22 heavy (non-hydrogen) atoms. The summed E-state index contributed by atoms with van der Waals surface area (Å²) in [4.78, 5) is 0.